The molecule has 0 aliphatic heterocycles. The molecule has 1 rings (SSSR count). The van der Waals surface area contributed by atoms with E-state index in [1.165, 1.54) is 6.07 Å². The van der Waals surface area contributed by atoms with Crippen LogP contribution in [0, 0.1) is 5.82 Å². The molecular weight excluding hydrogens is 267 g/mol. The van der Waals surface area contributed by atoms with Crippen molar-refractivity contribution in [1.29, 1.82) is 0 Å². The Hall–Kier alpha value is -2.15. The second-order valence-corrected chi connectivity index (χ2v) is 4.28. The fourth-order valence-corrected chi connectivity index (χ4v) is 1.52. The van der Waals surface area contributed by atoms with Crippen LogP contribution in [0.3, 0.4) is 0 Å². The van der Waals surface area contributed by atoms with E-state index in [0.29, 0.717) is 13.0 Å². The van der Waals surface area contributed by atoms with Crippen LogP contribution >= 0.6 is 0 Å². The van der Waals surface area contributed by atoms with Crippen LogP contribution in [0.1, 0.15) is 23.7 Å². The van der Waals surface area contributed by atoms with Gasteiger partial charge in [0.1, 0.15) is 5.82 Å². The lowest BCUT2D eigenvalue weighted by Crippen LogP contribution is -2.36. The minimum Gasteiger partial charge on any atom is -0.478 e. The van der Waals surface area contributed by atoms with Gasteiger partial charge < -0.3 is 20.5 Å². The average molecular weight is 284 g/mol. The third-order valence-electron chi connectivity index (χ3n) is 2.59. The van der Waals surface area contributed by atoms with Crippen molar-refractivity contribution in [2.24, 2.45) is 0 Å². The molecule has 2 amide bonds. The molecule has 0 fully saturated rings. The van der Waals surface area contributed by atoms with Gasteiger partial charge in [0.25, 0.3) is 0 Å². The summed E-state index contributed by atoms with van der Waals surface area (Å²) in [6.45, 7) is 2.33. The first kappa shape index (κ1) is 15.9. The molecule has 0 aliphatic carbocycles. The van der Waals surface area contributed by atoms with Crippen molar-refractivity contribution < 1.29 is 23.8 Å². The molecule has 0 bridgehead atoms. The van der Waals surface area contributed by atoms with Gasteiger partial charge in [0.2, 0.25) is 0 Å². The molecule has 0 heterocycles. The predicted octanol–water partition coefficient (Wildman–Crippen LogP) is 2.07. The van der Waals surface area contributed by atoms with E-state index in [1.54, 1.807) is 7.11 Å². The molecule has 0 radical (unpaired) electrons. The number of urea groups is 1. The van der Waals surface area contributed by atoms with Crippen LogP contribution < -0.4 is 10.6 Å². The molecule has 7 heteroatoms. The summed E-state index contributed by atoms with van der Waals surface area (Å²) in [5.74, 6) is -2.26. The minimum atomic E-state index is -1.35. The molecule has 1 aromatic carbocycles. The van der Waals surface area contributed by atoms with Crippen molar-refractivity contribution >= 4 is 17.7 Å². The summed E-state index contributed by atoms with van der Waals surface area (Å²) in [4.78, 5) is 22.3. The molecule has 0 aliphatic rings. The molecule has 0 saturated carbocycles. The highest BCUT2D eigenvalue weighted by atomic mass is 19.1. The zero-order chi connectivity index (χ0) is 15.1. The SMILES string of the molecule is COCCC(C)NC(=O)Nc1ccc(C(=O)O)c(F)c1. The maximum absolute atomic E-state index is 13.4. The number of ether oxygens (including phenoxy) is 1. The Morgan fingerprint density at radius 1 is 1.45 bits per heavy atom. The highest BCUT2D eigenvalue weighted by Gasteiger charge is 2.12. The number of carbonyl (C=O) groups excluding carboxylic acids is 1. The predicted molar refractivity (Wildman–Crippen MR) is 71.5 cm³/mol. The van der Waals surface area contributed by atoms with Gasteiger partial charge in [0, 0.05) is 25.4 Å². The number of hydrogen-bond acceptors (Lipinski definition) is 3. The van der Waals surface area contributed by atoms with Crippen LogP contribution in [-0.2, 0) is 4.74 Å². The van der Waals surface area contributed by atoms with Gasteiger partial charge in [-0.2, -0.15) is 0 Å². The molecular formula is C13H17FN2O4. The van der Waals surface area contributed by atoms with Crippen LogP contribution in [0.4, 0.5) is 14.9 Å². The molecule has 3 N–H and O–H groups in total. The maximum Gasteiger partial charge on any atom is 0.338 e. The lowest BCUT2D eigenvalue weighted by molar-refractivity contribution is 0.0692. The van der Waals surface area contributed by atoms with E-state index in [2.05, 4.69) is 10.6 Å². The average Bonchev–Trinajstić information content (AvgIpc) is 2.35. The van der Waals surface area contributed by atoms with Gasteiger partial charge in [-0.05, 0) is 31.5 Å². The first-order valence-corrected chi connectivity index (χ1v) is 6.03. The quantitative estimate of drug-likeness (QED) is 0.746. The van der Waals surface area contributed by atoms with Crippen LogP contribution in [0.25, 0.3) is 0 Å². The molecule has 1 atom stereocenters. The highest BCUT2D eigenvalue weighted by Crippen LogP contribution is 2.14. The Morgan fingerprint density at radius 2 is 2.15 bits per heavy atom. The monoisotopic (exact) mass is 284 g/mol. The Bertz CT molecular complexity index is 493. The maximum atomic E-state index is 13.4. The van der Waals surface area contributed by atoms with E-state index in [9.17, 15) is 14.0 Å². The molecule has 0 aromatic heterocycles. The largest absolute Gasteiger partial charge is 0.478 e. The summed E-state index contributed by atoms with van der Waals surface area (Å²) >= 11 is 0. The lowest BCUT2D eigenvalue weighted by Gasteiger charge is -2.14. The summed E-state index contributed by atoms with van der Waals surface area (Å²) in [5.41, 5.74) is -0.256. The summed E-state index contributed by atoms with van der Waals surface area (Å²) in [6, 6.07) is 2.80. The smallest absolute Gasteiger partial charge is 0.338 e. The number of nitrogens with one attached hydrogen (secondary N) is 2. The highest BCUT2D eigenvalue weighted by molar-refractivity contribution is 5.91. The van der Waals surface area contributed by atoms with Crippen molar-refractivity contribution in [2.45, 2.75) is 19.4 Å². The van der Waals surface area contributed by atoms with Gasteiger partial charge in [-0.1, -0.05) is 0 Å². The van der Waals surface area contributed by atoms with Crippen LogP contribution in [0.15, 0.2) is 18.2 Å². The zero-order valence-electron chi connectivity index (χ0n) is 11.3. The summed E-state index contributed by atoms with van der Waals surface area (Å²) < 4.78 is 18.3. The van der Waals surface area contributed by atoms with Crippen molar-refractivity contribution in [3.05, 3.63) is 29.6 Å². The van der Waals surface area contributed by atoms with Gasteiger partial charge in [-0.25, -0.2) is 14.0 Å². The summed E-state index contributed by atoms with van der Waals surface area (Å²) in [7, 11) is 1.57. The number of hydrogen-bond donors (Lipinski definition) is 3. The van der Waals surface area contributed by atoms with Crippen LogP contribution in [-0.4, -0.2) is 36.9 Å². The summed E-state index contributed by atoms with van der Waals surface area (Å²) in [6.07, 6.45) is 0.649. The van der Waals surface area contributed by atoms with Gasteiger partial charge in [-0.15, -0.1) is 0 Å². The number of anilines is 1. The molecule has 6 nitrogen and oxygen atoms in total. The molecule has 20 heavy (non-hydrogen) atoms. The normalized spacial score (nSPS) is 11.8. The van der Waals surface area contributed by atoms with Gasteiger partial charge in [0.15, 0.2) is 0 Å². The van der Waals surface area contributed by atoms with Crippen LogP contribution in [0.2, 0.25) is 0 Å². The lowest BCUT2D eigenvalue weighted by atomic mass is 10.2. The van der Waals surface area contributed by atoms with Crippen molar-refractivity contribution in [2.75, 3.05) is 19.0 Å². The Morgan fingerprint density at radius 3 is 2.70 bits per heavy atom. The van der Waals surface area contributed by atoms with Gasteiger partial charge in [-0.3, -0.25) is 0 Å². The topological polar surface area (TPSA) is 87.7 Å². The number of rotatable bonds is 6. The number of carbonyl (C=O) groups is 2. The van der Waals surface area contributed by atoms with Gasteiger partial charge >= 0.3 is 12.0 Å². The first-order valence-electron chi connectivity index (χ1n) is 6.03. The fraction of sp³-hybridized carbons (Fsp3) is 0.385. The third-order valence-corrected chi connectivity index (χ3v) is 2.59. The van der Waals surface area contributed by atoms with Crippen molar-refractivity contribution in [1.82, 2.24) is 5.32 Å². The second kappa shape index (κ2) is 7.44. The second-order valence-electron chi connectivity index (χ2n) is 4.28. The van der Waals surface area contributed by atoms with E-state index in [0.717, 1.165) is 12.1 Å². The first-order chi connectivity index (χ1) is 9.43. The van der Waals surface area contributed by atoms with Crippen LogP contribution in [0.5, 0.6) is 0 Å². The minimum absolute atomic E-state index is 0.0990. The number of carboxylic acids is 1. The molecule has 0 saturated heterocycles. The Kier molecular flexibility index (Phi) is 5.92. The zero-order valence-corrected chi connectivity index (χ0v) is 11.3. The fourth-order valence-electron chi connectivity index (χ4n) is 1.52. The number of amides is 2. The van der Waals surface area contributed by atoms with E-state index < -0.39 is 23.4 Å². The number of carboxylic acid groups (broad SMARTS) is 1. The number of benzene rings is 1. The van der Waals surface area contributed by atoms with Crippen molar-refractivity contribution in [3.8, 4) is 0 Å². The third kappa shape index (κ3) is 4.85. The molecule has 110 valence electrons. The summed E-state index contributed by atoms with van der Waals surface area (Å²) in [5, 5.41) is 13.8. The van der Waals surface area contributed by atoms with Crippen molar-refractivity contribution in [3.63, 3.8) is 0 Å². The Balaban J connectivity index is 2.58. The van der Waals surface area contributed by atoms with E-state index in [4.69, 9.17) is 9.84 Å². The standard InChI is InChI=1S/C13H17FN2O4/c1-8(5-6-20-2)15-13(19)16-9-3-4-10(12(17)18)11(14)7-9/h3-4,7-8H,5-6H2,1-2H3,(H,17,18)(H2,15,16,19). The van der Waals surface area contributed by atoms with E-state index in [-0.39, 0.29) is 11.7 Å². The van der Waals surface area contributed by atoms with E-state index in [1.807, 2.05) is 6.92 Å². The molecule has 0 spiro atoms. The van der Waals surface area contributed by atoms with Gasteiger partial charge in [0.05, 0.1) is 5.56 Å². The number of aromatic carboxylic acids is 1. The van der Waals surface area contributed by atoms with E-state index >= 15 is 0 Å². The Labute approximate surface area is 115 Å². The molecule has 1 unspecified atom stereocenters. The molecule has 1 aromatic rings. The number of halogens is 1. The number of methoxy groups -OCH3 is 1.